The van der Waals surface area contributed by atoms with Gasteiger partial charge < -0.3 is 14.8 Å². The van der Waals surface area contributed by atoms with Gasteiger partial charge in [0.15, 0.2) is 0 Å². The Balaban J connectivity index is 1.76. The molecular formula is C21H27NO3. The van der Waals surface area contributed by atoms with E-state index in [1.807, 2.05) is 48.5 Å². The fourth-order valence-corrected chi connectivity index (χ4v) is 2.49. The highest BCUT2D eigenvalue weighted by Crippen LogP contribution is 2.17. The molecule has 0 spiro atoms. The molecule has 0 atom stereocenters. The first kappa shape index (κ1) is 18.8. The molecule has 0 fully saturated rings. The molecule has 2 aromatic carbocycles. The highest BCUT2D eigenvalue weighted by molar-refractivity contribution is 5.92. The zero-order chi connectivity index (χ0) is 17.9. The van der Waals surface area contributed by atoms with E-state index in [0.717, 1.165) is 35.8 Å². The van der Waals surface area contributed by atoms with Crippen LogP contribution in [0.5, 0.6) is 11.5 Å². The molecule has 4 heteroatoms. The van der Waals surface area contributed by atoms with Gasteiger partial charge >= 0.3 is 0 Å². The van der Waals surface area contributed by atoms with Gasteiger partial charge in [0.2, 0.25) is 5.91 Å². The van der Waals surface area contributed by atoms with Crippen molar-refractivity contribution in [2.75, 3.05) is 19.0 Å². The van der Waals surface area contributed by atoms with Crippen molar-refractivity contribution in [3.8, 4) is 11.5 Å². The summed E-state index contributed by atoms with van der Waals surface area (Å²) >= 11 is 0. The van der Waals surface area contributed by atoms with Crippen LogP contribution in [0.4, 0.5) is 5.69 Å². The van der Waals surface area contributed by atoms with Gasteiger partial charge in [-0.25, -0.2) is 0 Å². The maximum absolute atomic E-state index is 12.1. The van der Waals surface area contributed by atoms with Crippen LogP contribution in [0.2, 0.25) is 0 Å². The number of amides is 1. The summed E-state index contributed by atoms with van der Waals surface area (Å²) in [5.74, 6) is 1.58. The van der Waals surface area contributed by atoms with Gasteiger partial charge in [-0.3, -0.25) is 4.79 Å². The standard InChI is InChI=1S/C21H27NO3/c1-3-4-5-6-15-25-20-13-9-18(10-14-20)22-21(23)16-17-7-11-19(24-2)12-8-17/h7-14H,3-6,15-16H2,1-2H3,(H,22,23). The Morgan fingerprint density at radius 3 is 2.24 bits per heavy atom. The predicted molar refractivity (Wildman–Crippen MR) is 101 cm³/mol. The molecule has 134 valence electrons. The maximum Gasteiger partial charge on any atom is 0.228 e. The van der Waals surface area contributed by atoms with Crippen LogP contribution in [0.1, 0.15) is 38.2 Å². The minimum Gasteiger partial charge on any atom is -0.497 e. The minimum absolute atomic E-state index is 0.0431. The van der Waals surface area contributed by atoms with Gasteiger partial charge in [-0.1, -0.05) is 38.3 Å². The van der Waals surface area contributed by atoms with Gasteiger partial charge in [0, 0.05) is 5.69 Å². The van der Waals surface area contributed by atoms with Gasteiger partial charge in [-0.2, -0.15) is 0 Å². The molecule has 25 heavy (non-hydrogen) atoms. The quantitative estimate of drug-likeness (QED) is 0.629. The number of hydrogen-bond donors (Lipinski definition) is 1. The molecule has 0 unspecified atom stereocenters. The molecule has 0 heterocycles. The Bertz CT molecular complexity index is 635. The Kier molecular flexibility index (Phi) is 7.83. The number of hydrogen-bond acceptors (Lipinski definition) is 3. The van der Waals surface area contributed by atoms with Crippen LogP contribution in [0.25, 0.3) is 0 Å². The van der Waals surface area contributed by atoms with Crippen LogP contribution >= 0.6 is 0 Å². The fourth-order valence-electron chi connectivity index (χ4n) is 2.49. The van der Waals surface area contributed by atoms with Gasteiger partial charge in [0.25, 0.3) is 0 Å². The Morgan fingerprint density at radius 2 is 1.60 bits per heavy atom. The Labute approximate surface area is 150 Å². The first-order valence-electron chi connectivity index (χ1n) is 8.87. The average Bonchev–Trinajstić information content (AvgIpc) is 2.63. The lowest BCUT2D eigenvalue weighted by molar-refractivity contribution is -0.115. The lowest BCUT2D eigenvalue weighted by Crippen LogP contribution is -2.14. The van der Waals surface area contributed by atoms with E-state index < -0.39 is 0 Å². The molecule has 2 rings (SSSR count). The summed E-state index contributed by atoms with van der Waals surface area (Å²) in [5, 5.41) is 2.90. The van der Waals surface area contributed by atoms with Crippen LogP contribution in [0.3, 0.4) is 0 Å². The third-order valence-corrected chi connectivity index (χ3v) is 3.93. The summed E-state index contributed by atoms with van der Waals surface area (Å²) in [6.45, 7) is 2.94. The second-order valence-electron chi connectivity index (χ2n) is 6.01. The normalized spacial score (nSPS) is 10.3. The van der Waals surface area contributed by atoms with Crippen molar-refractivity contribution in [3.63, 3.8) is 0 Å². The van der Waals surface area contributed by atoms with E-state index in [4.69, 9.17) is 9.47 Å². The first-order valence-corrected chi connectivity index (χ1v) is 8.87. The van der Waals surface area contributed by atoms with E-state index in [2.05, 4.69) is 12.2 Å². The number of carbonyl (C=O) groups is 1. The second-order valence-corrected chi connectivity index (χ2v) is 6.01. The number of carbonyl (C=O) groups excluding carboxylic acids is 1. The number of ether oxygens (including phenoxy) is 2. The van der Waals surface area contributed by atoms with Crippen molar-refractivity contribution < 1.29 is 14.3 Å². The van der Waals surface area contributed by atoms with Crippen molar-refractivity contribution in [3.05, 3.63) is 54.1 Å². The smallest absolute Gasteiger partial charge is 0.228 e. The number of nitrogens with one attached hydrogen (secondary N) is 1. The lowest BCUT2D eigenvalue weighted by atomic mass is 10.1. The number of unbranched alkanes of at least 4 members (excludes halogenated alkanes) is 3. The van der Waals surface area contributed by atoms with Gasteiger partial charge in [0.1, 0.15) is 11.5 Å². The van der Waals surface area contributed by atoms with Crippen LogP contribution in [-0.4, -0.2) is 19.6 Å². The first-order chi connectivity index (χ1) is 12.2. The van der Waals surface area contributed by atoms with Crippen LogP contribution in [-0.2, 0) is 11.2 Å². The Hall–Kier alpha value is -2.49. The SMILES string of the molecule is CCCCCCOc1ccc(NC(=O)Cc2ccc(OC)cc2)cc1. The number of rotatable bonds is 10. The van der Waals surface area contributed by atoms with Crippen molar-refractivity contribution >= 4 is 11.6 Å². The molecule has 1 amide bonds. The van der Waals surface area contributed by atoms with Gasteiger partial charge in [-0.05, 0) is 48.4 Å². The molecule has 0 bridgehead atoms. The summed E-state index contributed by atoms with van der Waals surface area (Å²) in [7, 11) is 1.63. The molecular weight excluding hydrogens is 314 g/mol. The van der Waals surface area contributed by atoms with Crippen molar-refractivity contribution in [2.24, 2.45) is 0 Å². The number of anilines is 1. The average molecular weight is 341 g/mol. The van der Waals surface area contributed by atoms with E-state index in [0.29, 0.717) is 6.42 Å². The predicted octanol–water partition coefficient (Wildman–Crippen LogP) is 4.84. The van der Waals surface area contributed by atoms with Crippen molar-refractivity contribution in [1.82, 2.24) is 0 Å². The zero-order valence-corrected chi connectivity index (χ0v) is 15.1. The largest absolute Gasteiger partial charge is 0.497 e. The number of benzene rings is 2. The van der Waals surface area contributed by atoms with Crippen LogP contribution < -0.4 is 14.8 Å². The lowest BCUT2D eigenvalue weighted by Gasteiger charge is -2.09. The van der Waals surface area contributed by atoms with E-state index in [1.165, 1.54) is 19.3 Å². The number of methoxy groups -OCH3 is 1. The molecule has 0 aliphatic rings. The highest BCUT2D eigenvalue weighted by atomic mass is 16.5. The molecule has 0 aliphatic heterocycles. The summed E-state index contributed by atoms with van der Waals surface area (Å²) < 4.78 is 10.8. The zero-order valence-electron chi connectivity index (χ0n) is 15.1. The van der Waals surface area contributed by atoms with E-state index in [1.54, 1.807) is 7.11 Å². The molecule has 4 nitrogen and oxygen atoms in total. The molecule has 2 aromatic rings. The van der Waals surface area contributed by atoms with Crippen molar-refractivity contribution in [2.45, 2.75) is 39.0 Å². The van der Waals surface area contributed by atoms with E-state index in [-0.39, 0.29) is 5.91 Å². The Morgan fingerprint density at radius 1 is 0.920 bits per heavy atom. The third-order valence-electron chi connectivity index (χ3n) is 3.93. The van der Waals surface area contributed by atoms with Crippen LogP contribution in [0, 0.1) is 0 Å². The van der Waals surface area contributed by atoms with Gasteiger partial charge in [0.05, 0.1) is 20.1 Å². The topological polar surface area (TPSA) is 47.6 Å². The van der Waals surface area contributed by atoms with Gasteiger partial charge in [-0.15, -0.1) is 0 Å². The molecule has 0 aliphatic carbocycles. The van der Waals surface area contributed by atoms with Crippen molar-refractivity contribution in [1.29, 1.82) is 0 Å². The minimum atomic E-state index is -0.0431. The summed E-state index contributed by atoms with van der Waals surface area (Å²) in [6, 6.07) is 15.0. The molecule has 0 aromatic heterocycles. The second kappa shape index (κ2) is 10.4. The molecule has 0 saturated carbocycles. The third kappa shape index (κ3) is 6.87. The summed E-state index contributed by atoms with van der Waals surface area (Å²) in [4.78, 5) is 12.1. The van der Waals surface area contributed by atoms with Crippen LogP contribution in [0.15, 0.2) is 48.5 Å². The van der Waals surface area contributed by atoms with E-state index in [9.17, 15) is 4.79 Å². The molecule has 0 saturated heterocycles. The maximum atomic E-state index is 12.1. The highest BCUT2D eigenvalue weighted by Gasteiger charge is 2.05. The molecule has 1 N–H and O–H groups in total. The monoisotopic (exact) mass is 341 g/mol. The summed E-state index contributed by atoms with van der Waals surface area (Å²) in [6.07, 6.45) is 5.09. The fraction of sp³-hybridized carbons (Fsp3) is 0.381. The van der Waals surface area contributed by atoms with E-state index >= 15 is 0 Å². The molecule has 0 radical (unpaired) electrons. The summed E-state index contributed by atoms with van der Waals surface area (Å²) in [5.41, 5.74) is 1.72.